The predicted molar refractivity (Wildman–Crippen MR) is 60.5 cm³/mol. The highest BCUT2D eigenvalue weighted by Gasteiger charge is 2.17. The van der Waals surface area contributed by atoms with E-state index in [-0.39, 0.29) is 0 Å². The largest absolute Gasteiger partial charge is 0.384 e. The number of hydrogen-bond donors (Lipinski definition) is 0. The lowest BCUT2D eigenvalue weighted by Gasteiger charge is -2.23. The molecule has 0 aliphatic carbocycles. The van der Waals surface area contributed by atoms with E-state index in [2.05, 4.69) is 20.8 Å². The van der Waals surface area contributed by atoms with Gasteiger partial charge in [-0.05, 0) is 24.2 Å². The van der Waals surface area contributed by atoms with Gasteiger partial charge in [0, 0.05) is 27.4 Å². The summed E-state index contributed by atoms with van der Waals surface area (Å²) >= 11 is 0. The highest BCUT2D eigenvalue weighted by Crippen LogP contribution is 2.20. The molecule has 2 atom stereocenters. The third kappa shape index (κ3) is 6.39. The van der Waals surface area contributed by atoms with Gasteiger partial charge in [-0.2, -0.15) is 0 Å². The Kier molecular flexibility index (Phi) is 8.20. The van der Waals surface area contributed by atoms with E-state index < -0.39 is 0 Å². The second-order valence-electron chi connectivity index (χ2n) is 4.62. The Morgan fingerprint density at radius 2 is 1.43 bits per heavy atom. The molecule has 86 valence electrons. The van der Waals surface area contributed by atoms with Gasteiger partial charge in [-0.3, -0.25) is 0 Å². The summed E-state index contributed by atoms with van der Waals surface area (Å²) in [7, 11) is 3.55. The van der Waals surface area contributed by atoms with Crippen LogP contribution in [0.25, 0.3) is 0 Å². The van der Waals surface area contributed by atoms with Crippen molar-refractivity contribution in [3.05, 3.63) is 0 Å². The van der Waals surface area contributed by atoms with E-state index in [4.69, 9.17) is 9.47 Å². The molecular formula is C12H26O2. The van der Waals surface area contributed by atoms with Crippen molar-refractivity contribution in [2.75, 3.05) is 27.4 Å². The molecule has 2 heteroatoms. The number of hydrogen-bond acceptors (Lipinski definition) is 2. The average molecular weight is 202 g/mol. The third-order valence-electron chi connectivity index (χ3n) is 2.73. The van der Waals surface area contributed by atoms with Gasteiger partial charge in [-0.1, -0.05) is 27.2 Å². The minimum absolute atomic E-state index is 0.596. The lowest BCUT2D eigenvalue weighted by Crippen LogP contribution is -2.21. The summed E-state index contributed by atoms with van der Waals surface area (Å²) in [5.74, 6) is 2.02. The van der Waals surface area contributed by atoms with Crippen molar-refractivity contribution >= 4 is 0 Å². The Morgan fingerprint density at radius 1 is 0.857 bits per heavy atom. The normalized spacial score (nSPS) is 15.9. The van der Waals surface area contributed by atoms with E-state index in [1.165, 1.54) is 12.8 Å². The number of ether oxygens (including phenoxy) is 2. The van der Waals surface area contributed by atoms with Crippen molar-refractivity contribution < 1.29 is 9.47 Å². The van der Waals surface area contributed by atoms with E-state index in [0.717, 1.165) is 19.1 Å². The number of methoxy groups -OCH3 is 2. The Labute approximate surface area is 89.0 Å². The van der Waals surface area contributed by atoms with Crippen LogP contribution in [-0.4, -0.2) is 27.4 Å². The monoisotopic (exact) mass is 202 g/mol. The van der Waals surface area contributed by atoms with Gasteiger partial charge in [-0.25, -0.2) is 0 Å². The van der Waals surface area contributed by atoms with Crippen molar-refractivity contribution in [1.29, 1.82) is 0 Å². The molecule has 2 nitrogen and oxygen atoms in total. The molecule has 0 aromatic rings. The molecule has 0 heterocycles. The SMILES string of the molecule is COCC(C)C(CCC(C)C)COC. The quantitative estimate of drug-likeness (QED) is 0.602. The molecular weight excluding hydrogens is 176 g/mol. The Hall–Kier alpha value is -0.0800. The van der Waals surface area contributed by atoms with Crippen LogP contribution in [0.4, 0.5) is 0 Å². The zero-order valence-corrected chi connectivity index (χ0v) is 10.4. The molecule has 0 radical (unpaired) electrons. The molecule has 0 spiro atoms. The van der Waals surface area contributed by atoms with Crippen LogP contribution in [0, 0.1) is 17.8 Å². The first-order valence-corrected chi connectivity index (χ1v) is 5.59. The summed E-state index contributed by atoms with van der Waals surface area (Å²) in [5, 5.41) is 0. The maximum absolute atomic E-state index is 5.25. The Bertz CT molecular complexity index is 123. The highest BCUT2D eigenvalue weighted by molar-refractivity contribution is 4.66. The third-order valence-corrected chi connectivity index (χ3v) is 2.73. The van der Waals surface area contributed by atoms with E-state index in [0.29, 0.717) is 11.8 Å². The molecule has 0 amide bonds. The lowest BCUT2D eigenvalue weighted by molar-refractivity contribution is 0.0710. The van der Waals surface area contributed by atoms with Gasteiger partial charge < -0.3 is 9.47 Å². The molecule has 0 fully saturated rings. The van der Waals surface area contributed by atoms with Crippen LogP contribution in [0.3, 0.4) is 0 Å². The summed E-state index contributed by atoms with van der Waals surface area (Å²) in [6.07, 6.45) is 2.53. The van der Waals surface area contributed by atoms with E-state index in [9.17, 15) is 0 Å². The molecule has 0 rings (SSSR count). The molecule has 0 saturated heterocycles. The summed E-state index contributed by atoms with van der Waals surface area (Å²) < 4.78 is 10.4. The minimum atomic E-state index is 0.596. The number of rotatable bonds is 8. The maximum atomic E-state index is 5.25. The van der Waals surface area contributed by atoms with Gasteiger partial charge in [0.1, 0.15) is 0 Å². The van der Waals surface area contributed by atoms with Crippen LogP contribution >= 0.6 is 0 Å². The smallest absolute Gasteiger partial charge is 0.0493 e. The van der Waals surface area contributed by atoms with Crippen LogP contribution in [0.15, 0.2) is 0 Å². The Morgan fingerprint density at radius 3 is 1.86 bits per heavy atom. The maximum Gasteiger partial charge on any atom is 0.0493 e. The second-order valence-corrected chi connectivity index (χ2v) is 4.62. The standard InChI is InChI=1S/C12H26O2/c1-10(2)6-7-12(9-14-5)11(3)8-13-4/h10-12H,6-9H2,1-5H3. The van der Waals surface area contributed by atoms with E-state index in [1.54, 1.807) is 14.2 Å². The van der Waals surface area contributed by atoms with Crippen LogP contribution in [0.1, 0.15) is 33.6 Å². The molecule has 0 aliphatic rings. The van der Waals surface area contributed by atoms with Crippen LogP contribution < -0.4 is 0 Å². The topological polar surface area (TPSA) is 18.5 Å². The van der Waals surface area contributed by atoms with Crippen molar-refractivity contribution in [2.45, 2.75) is 33.6 Å². The Balaban J connectivity index is 3.86. The molecule has 0 aromatic carbocycles. The minimum Gasteiger partial charge on any atom is -0.384 e. The van der Waals surface area contributed by atoms with Gasteiger partial charge >= 0.3 is 0 Å². The molecule has 0 aromatic heterocycles. The average Bonchev–Trinajstić information content (AvgIpc) is 2.12. The van der Waals surface area contributed by atoms with Gasteiger partial charge in [-0.15, -0.1) is 0 Å². The summed E-state index contributed by atoms with van der Waals surface area (Å²) in [6, 6.07) is 0. The molecule has 0 N–H and O–H groups in total. The molecule has 0 bridgehead atoms. The summed E-state index contributed by atoms with van der Waals surface area (Å²) in [4.78, 5) is 0. The first-order chi connectivity index (χ1) is 6.61. The second kappa shape index (κ2) is 8.25. The van der Waals surface area contributed by atoms with Crippen molar-refractivity contribution in [1.82, 2.24) is 0 Å². The first-order valence-electron chi connectivity index (χ1n) is 5.59. The van der Waals surface area contributed by atoms with E-state index >= 15 is 0 Å². The fraction of sp³-hybridized carbons (Fsp3) is 1.00. The molecule has 14 heavy (non-hydrogen) atoms. The fourth-order valence-electron chi connectivity index (χ4n) is 1.69. The molecule has 0 saturated carbocycles. The van der Waals surface area contributed by atoms with Crippen LogP contribution in [-0.2, 0) is 9.47 Å². The first kappa shape index (κ1) is 13.9. The van der Waals surface area contributed by atoms with Crippen LogP contribution in [0.5, 0.6) is 0 Å². The fourth-order valence-corrected chi connectivity index (χ4v) is 1.69. The predicted octanol–water partition coefficient (Wildman–Crippen LogP) is 2.97. The van der Waals surface area contributed by atoms with Gasteiger partial charge in [0.25, 0.3) is 0 Å². The highest BCUT2D eigenvalue weighted by atomic mass is 16.5. The van der Waals surface area contributed by atoms with Gasteiger partial charge in [0.2, 0.25) is 0 Å². The van der Waals surface area contributed by atoms with Crippen molar-refractivity contribution in [3.8, 4) is 0 Å². The molecule has 0 aliphatic heterocycles. The molecule has 2 unspecified atom stereocenters. The summed E-state index contributed by atoms with van der Waals surface area (Å²) in [6.45, 7) is 8.48. The van der Waals surface area contributed by atoms with Crippen molar-refractivity contribution in [3.63, 3.8) is 0 Å². The zero-order valence-electron chi connectivity index (χ0n) is 10.4. The van der Waals surface area contributed by atoms with Gasteiger partial charge in [0.15, 0.2) is 0 Å². The van der Waals surface area contributed by atoms with Gasteiger partial charge in [0.05, 0.1) is 0 Å². The van der Waals surface area contributed by atoms with E-state index in [1.807, 2.05) is 0 Å². The van der Waals surface area contributed by atoms with Crippen LogP contribution in [0.2, 0.25) is 0 Å². The lowest BCUT2D eigenvalue weighted by atomic mass is 9.88. The van der Waals surface area contributed by atoms with Crippen molar-refractivity contribution in [2.24, 2.45) is 17.8 Å². The zero-order chi connectivity index (χ0) is 11.0. The summed E-state index contributed by atoms with van der Waals surface area (Å²) in [5.41, 5.74) is 0.